The molecule has 1 amide bonds. The fourth-order valence-electron chi connectivity index (χ4n) is 3.14. The van der Waals surface area contributed by atoms with Crippen LogP contribution >= 0.6 is 0 Å². The molecule has 9 heteroatoms. The van der Waals surface area contributed by atoms with Gasteiger partial charge in [-0.3, -0.25) is 9.48 Å². The Balaban J connectivity index is 1.45. The van der Waals surface area contributed by atoms with Crippen molar-refractivity contribution >= 4 is 17.6 Å². The minimum absolute atomic E-state index is 0.0647. The second-order valence-corrected chi connectivity index (χ2v) is 6.41. The third-order valence-electron chi connectivity index (χ3n) is 4.50. The van der Waals surface area contributed by atoms with Gasteiger partial charge >= 0.3 is 5.97 Å². The molecule has 3 aromatic rings. The Hall–Kier alpha value is -3.49. The molecule has 0 aliphatic carbocycles. The van der Waals surface area contributed by atoms with Crippen LogP contribution < -0.4 is 5.32 Å². The zero-order valence-electron chi connectivity index (χ0n) is 14.5. The van der Waals surface area contributed by atoms with Crippen LogP contribution in [-0.4, -0.2) is 41.5 Å². The van der Waals surface area contributed by atoms with Gasteiger partial charge in [0.25, 0.3) is 5.91 Å². The zero-order chi connectivity index (χ0) is 18.8. The van der Waals surface area contributed by atoms with Gasteiger partial charge in [-0.25, -0.2) is 4.79 Å². The van der Waals surface area contributed by atoms with Gasteiger partial charge in [-0.15, -0.1) is 10.2 Å². The number of carboxylic acids is 1. The standard InChI is InChI=1S/C18H18N6O3/c25-17(12-4-3-5-13(8-12)18(26)27)20-14-9-19-23(10-14)11-16-22-21-15-6-1-2-7-24(15)16/h3-5,8-10H,1-2,6-7,11H2,(H,20,25)(H,26,27). The third kappa shape index (κ3) is 3.57. The van der Waals surface area contributed by atoms with E-state index < -0.39 is 11.9 Å². The summed E-state index contributed by atoms with van der Waals surface area (Å²) in [6.45, 7) is 1.39. The molecule has 1 aliphatic rings. The molecule has 0 unspecified atom stereocenters. The first kappa shape index (κ1) is 17.0. The van der Waals surface area contributed by atoms with E-state index in [-0.39, 0.29) is 11.1 Å². The summed E-state index contributed by atoms with van der Waals surface area (Å²) in [5, 5.41) is 24.5. The molecule has 0 bridgehead atoms. The minimum Gasteiger partial charge on any atom is -0.478 e. The lowest BCUT2D eigenvalue weighted by molar-refractivity contribution is 0.0697. The zero-order valence-corrected chi connectivity index (χ0v) is 14.5. The normalized spacial score (nSPS) is 13.2. The highest BCUT2D eigenvalue weighted by atomic mass is 16.4. The maximum Gasteiger partial charge on any atom is 0.335 e. The molecule has 4 rings (SSSR count). The summed E-state index contributed by atoms with van der Waals surface area (Å²) in [7, 11) is 0. The molecule has 1 aromatic carbocycles. The van der Waals surface area contributed by atoms with E-state index in [1.807, 2.05) is 0 Å². The molecule has 2 N–H and O–H groups in total. The molecule has 0 fully saturated rings. The van der Waals surface area contributed by atoms with E-state index in [0.29, 0.717) is 12.2 Å². The first-order valence-corrected chi connectivity index (χ1v) is 8.68. The average molecular weight is 366 g/mol. The van der Waals surface area contributed by atoms with Crippen molar-refractivity contribution in [3.63, 3.8) is 0 Å². The van der Waals surface area contributed by atoms with Crippen LogP contribution in [0.4, 0.5) is 5.69 Å². The predicted molar refractivity (Wildman–Crippen MR) is 95.6 cm³/mol. The van der Waals surface area contributed by atoms with Crippen LogP contribution in [0, 0.1) is 0 Å². The highest BCUT2D eigenvalue weighted by Gasteiger charge is 2.16. The number of aromatic carboxylic acids is 1. The maximum absolute atomic E-state index is 12.3. The van der Waals surface area contributed by atoms with Crippen molar-refractivity contribution in [2.24, 2.45) is 0 Å². The van der Waals surface area contributed by atoms with Crippen molar-refractivity contribution in [3.05, 3.63) is 59.4 Å². The average Bonchev–Trinajstić information content (AvgIpc) is 3.29. The van der Waals surface area contributed by atoms with Crippen molar-refractivity contribution in [3.8, 4) is 0 Å². The van der Waals surface area contributed by atoms with Crippen LogP contribution in [0.15, 0.2) is 36.7 Å². The molecule has 0 spiro atoms. The number of carbonyl (C=O) groups excluding carboxylic acids is 1. The number of carboxylic acid groups (broad SMARTS) is 1. The number of anilines is 1. The van der Waals surface area contributed by atoms with Gasteiger partial charge in [0, 0.05) is 24.7 Å². The van der Waals surface area contributed by atoms with E-state index >= 15 is 0 Å². The van der Waals surface area contributed by atoms with Crippen LogP contribution in [0.2, 0.25) is 0 Å². The van der Waals surface area contributed by atoms with Crippen LogP contribution in [0.3, 0.4) is 0 Å². The smallest absolute Gasteiger partial charge is 0.335 e. The fourth-order valence-corrected chi connectivity index (χ4v) is 3.14. The third-order valence-corrected chi connectivity index (χ3v) is 4.50. The molecule has 138 valence electrons. The van der Waals surface area contributed by atoms with Crippen LogP contribution in [-0.2, 0) is 19.5 Å². The second kappa shape index (κ2) is 7.02. The van der Waals surface area contributed by atoms with Crippen LogP contribution in [0.1, 0.15) is 45.2 Å². The number of benzene rings is 1. The van der Waals surface area contributed by atoms with Gasteiger partial charge in [-0.05, 0) is 31.0 Å². The number of hydrogen-bond acceptors (Lipinski definition) is 5. The number of hydrogen-bond donors (Lipinski definition) is 2. The number of aryl methyl sites for hydroxylation is 1. The van der Waals surface area contributed by atoms with E-state index in [1.165, 1.54) is 18.2 Å². The summed E-state index contributed by atoms with van der Waals surface area (Å²) in [5.74, 6) is 0.390. The van der Waals surface area contributed by atoms with Crippen molar-refractivity contribution in [1.29, 1.82) is 0 Å². The molecular formula is C18H18N6O3. The van der Waals surface area contributed by atoms with Crippen molar-refractivity contribution in [2.45, 2.75) is 32.4 Å². The summed E-state index contributed by atoms with van der Waals surface area (Å²) in [6, 6.07) is 5.88. The van der Waals surface area contributed by atoms with Crippen molar-refractivity contribution in [2.75, 3.05) is 5.32 Å². The van der Waals surface area contributed by atoms with Gasteiger partial charge in [0.1, 0.15) is 12.4 Å². The first-order valence-electron chi connectivity index (χ1n) is 8.68. The Morgan fingerprint density at radius 2 is 2.04 bits per heavy atom. The summed E-state index contributed by atoms with van der Waals surface area (Å²) < 4.78 is 3.82. The Morgan fingerprint density at radius 1 is 1.19 bits per heavy atom. The van der Waals surface area contributed by atoms with Gasteiger partial charge in [0.15, 0.2) is 5.82 Å². The molecule has 0 saturated carbocycles. The van der Waals surface area contributed by atoms with Gasteiger partial charge in [0.2, 0.25) is 0 Å². The Bertz CT molecular complexity index is 1010. The molecule has 1 aliphatic heterocycles. The van der Waals surface area contributed by atoms with Crippen LogP contribution in [0.5, 0.6) is 0 Å². The largest absolute Gasteiger partial charge is 0.478 e. The number of aromatic nitrogens is 5. The number of carbonyl (C=O) groups is 2. The van der Waals surface area contributed by atoms with E-state index in [9.17, 15) is 9.59 Å². The van der Waals surface area contributed by atoms with E-state index in [0.717, 1.165) is 37.5 Å². The Labute approximate surface area is 154 Å². The molecule has 27 heavy (non-hydrogen) atoms. The van der Waals surface area contributed by atoms with E-state index in [2.05, 4.69) is 25.2 Å². The minimum atomic E-state index is -1.07. The van der Waals surface area contributed by atoms with Crippen molar-refractivity contribution < 1.29 is 14.7 Å². The van der Waals surface area contributed by atoms with Crippen LogP contribution in [0.25, 0.3) is 0 Å². The van der Waals surface area contributed by atoms with Gasteiger partial charge < -0.3 is 15.0 Å². The Morgan fingerprint density at radius 3 is 2.89 bits per heavy atom. The predicted octanol–water partition coefficient (Wildman–Crippen LogP) is 1.81. The fraction of sp³-hybridized carbons (Fsp3) is 0.278. The molecule has 3 heterocycles. The first-order chi connectivity index (χ1) is 13.1. The SMILES string of the molecule is O=C(O)c1cccc(C(=O)Nc2cnn(Cc3nnc4n3CCCC4)c2)c1. The summed E-state index contributed by atoms with van der Waals surface area (Å²) in [4.78, 5) is 23.4. The lowest BCUT2D eigenvalue weighted by atomic mass is 10.1. The monoisotopic (exact) mass is 366 g/mol. The number of rotatable bonds is 5. The number of amides is 1. The molecule has 0 atom stereocenters. The molecule has 0 radical (unpaired) electrons. The van der Waals surface area contributed by atoms with Gasteiger partial charge in [0.05, 0.1) is 17.4 Å². The molecule has 9 nitrogen and oxygen atoms in total. The molecule has 2 aromatic heterocycles. The number of nitrogens with zero attached hydrogens (tertiary/aromatic N) is 5. The highest BCUT2D eigenvalue weighted by molar-refractivity contribution is 6.05. The van der Waals surface area contributed by atoms with E-state index in [4.69, 9.17) is 5.11 Å². The summed E-state index contributed by atoms with van der Waals surface area (Å²) >= 11 is 0. The number of fused-ring (bicyclic) bond motifs is 1. The summed E-state index contributed by atoms with van der Waals surface area (Å²) in [6.07, 6.45) is 6.46. The van der Waals surface area contributed by atoms with E-state index in [1.54, 1.807) is 23.1 Å². The van der Waals surface area contributed by atoms with Gasteiger partial charge in [-0.2, -0.15) is 5.10 Å². The Kier molecular flexibility index (Phi) is 4.41. The highest BCUT2D eigenvalue weighted by Crippen LogP contribution is 2.16. The molecular weight excluding hydrogens is 348 g/mol. The number of nitrogens with one attached hydrogen (secondary N) is 1. The van der Waals surface area contributed by atoms with Gasteiger partial charge in [-0.1, -0.05) is 6.07 Å². The maximum atomic E-state index is 12.3. The lowest BCUT2D eigenvalue weighted by Gasteiger charge is -2.14. The second-order valence-electron chi connectivity index (χ2n) is 6.41. The van der Waals surface area contributed by atoms with Crippen molar-refractivity contribution in [1.82, 2.24) is 24.5 Å². The quantitative estimate of drug-likeness (QED) is 0.712. The summed E-state index contributed by atoms with van der Waals surface area (Å²) in [5.41, 5.74) is 0.864. The molecule has 0 saturated heterocycles. The lowest BCUT2D eigenvalue weighted by Crippen LogP contribution is -2.15. The topological polar surface area (TPSA) is 115 Å².